The van der Waals surface area contributed by atoms with E-state index in [0.29, 0.717) is 24.0 Å². The van der Waals surface area contributed by atoms with Crippen LogP contribution < -0.4 is 15.8 Å². The third-order valence-electron chi connectivity index (χ3n) is 2.74. The molecule has 0 saturated carbocycles. The molecule has 0 spiro atoms. The third kappa shape index (κ3) is 4.22. The van der Waals surface area contributed by atoms with E-state index >= 15 is 0 Å². The van der Waals surface area contributed by atoms with Crippen LogP contribution in [-0.4, -0.2) is 52.3 Å². The third-order valence-corrected chi connectivity index (χ3v) is 2.74. The number of nitrogens with zero attached hydrogens (tertiary/aromatic N) is 1. The van der Waals surface area contributed by atoms with Gasteiger partial charge in [-0.3, -0.25) is 0 Å². The molecule has 0 fully saturated rings. The number of hydrogen-bond donors (Lipinski definition) is 5. The second-order valence-electron chi connectivity index (χ2n) is 5.18. The van der Waals surface area contributed by atoms with Crippen LogP contribution in [0.15, 0.2) is 12.1 Å². The van der Waals surface area contributed by atoms with Gasteiger partial charge in [0.15, 0.2) is 0 Å². The van der Waals surface area contributed by atoms with Crippen LogP contribution in [0.25, 0.3) is 0 Å². The molecule has 0 aromatic carbocycles. The molecule has 1 aromatic heterocycles. The van der Waals surface area contributed by atoms with Crippen molar-refractivity contribution >= 4 is 11.5 Å². The highest BCUT2D eigenvalue weighted by atomic mass is 16.5. The predicted molar refractivity (Wildman–Crippen MR) is 76.6 cm³/mol. The largest absolute Gasteiger partial charge is 0.476 e. The van der Waals surface area contributed by atoms with Crippen molar-refractivity contribution in [3.05, 3.63) is 12.1 Å². The summed E-state index contributed by atoms with van der Waals surface area (Å²) in [5.41, 5.74) is 4.94. The lowest BCUT2D eigenvalue weighted by molar-refractivity contribution is 0.0830. The number of nitrogens with one attached hydrogen (secondary N) is 1. The molecule has 0 saturated heterocycles. The van der Waals surface area contributed by atoms with Crippen LogP contribution in [0.4, 0.5) is 11.5 Å². The van der Waals surface area contributed by atoms with Crippen molar-refractivity contribution in [1.29, 1.82) is 0 Å². The Labute approximate surface area is 118 Å². The minimum atomic E-state index is -1.24. The summed E-state index contributed by atoms with van der Waals surface area (Å²) in [5, 5.41) is 30.6. The van der Waals surface area contributed by atoms with E-state index in [1.54, 1.807) is 12.1 Å². The SMILES string of the molecule is CC(C)COc1nc(NC(CO)(CO)CO)ccc1N. The second kappa shape index (κ2) is 7.28. The van der Waals surface area contributed by atoms with Crippen molar-refractivity contribution in [3.8, 4) is 5.88 Å². The van der Waals surface area contributed by atoms with Crippen molar-refractivity contribution in [2.24, 2.45) is 5.92 Å². The number of hydrogen-bond acceptors (Lipinski definition) is 7. The number of aliphatic hydroxyl groups excluding tert-OH is 3. The fourth-order valence-electron chi connectivity index (χ4n) is 1.42. The van der Waals surface area contributed by atoms with Gasteiger partial charge in [0.25, 0.3) is 0 Å². The van der Waals surface area contributed by atoms with Gasteiger partial charge < -0.3 is 31.1 Å². The molecule has 0 aliphatic rings. The molecule has 1 heterocycles. The molecule has 0 aliphatic carbocycles. The Kier molecular flexibility index (Phi) is 6.00. The summed E-state index contributed by atoms with van der Waals surface area (Å²) in [4.78, 5) is 4.18. The maximum atomic E-state index is 9.27. The summed E-state index contributed by atoms with van der Waals surface area (Å²) in [5.74, 6) is 0.973. The first-order valence-corrected chi connectivity index (χ1v) is 6.46. The molecule has 0 bridgehead atoms. The van der Waals surface area contributed by atoms with Gasteiger partial charge in [0.05, 0.1) is 32.1 Å². The molecule has 0 radical (unpaired) electrons. The maximum absolute atomic E-state index is 9.27. The normalized spacial score (nSPS) is 11.7. The van der Waals surface area contributed by atoms with Crippen molar-refractivity contribution in [2.45, 2.75) is 19.4 Å². The summed E-state index contributed by atoms with van der Waals surface area (Å²) < 4.78 is 5.49. The van der Waals surface area contributed by atoms with Crippen molar-refractivity contribution < 1.29 is 20.1 Å². The van der Waals surface area contributed by atoms with Crippen molar-refractivity contribution in [1.82, 2.24) is 4.98 Å². The number of aromatic nitrogens is 1. The topological polar surface area (TPSA) is 121 Å². The highest BCUT2D eigenvalue weighted by molar-refractivity contribution is 5.54. The minimum absolute atomic E-state index is 0.284. The Hall–Kier alpha value is -1.57. The number of pyridine rings is 1. The highest BCUT2D eigenvalue weighted by Gasteiger charge is 2.28. The monoisotopic (exact) mass is 285 g/mol. The molecule has 6 N–H and O–H groups in total. The smallest absolute Gasteiger partial charge is 0.239 e. The van der Waals surface area contributed by atoms with Gasteiger partial charge in [-0.2, -0.15) is 4.98 Å². The standard InChI is InChI=1S/C13H23N3O4/c1-9(2)5-20-12-10(14)3-4-11(15-12)16-13(6-17,7-18)8-19/h3-4,9,17-19H,5-8,14H2,1-2H3,(H,15,16). The van der Waals surface area contributed by atoms with E-state index < -0.39 is 25.4 Å². The van der Waals surface area contributed by atoms with E-state index in [-0.39, 0.29) is 5.88 Å². The zero-order valence-electron chi connectivity index (χ0n) is 11.8. The van der Waals surface area contributed by atoms with Crippen molar-refractivity contribution in [2.75, 3.05) is 37.5 Å². The lowest BCUT2D eigenvalue weighted by Gasteiger charge is -2.29. The predicted octanol–water partition coefficient (Wildman–Crippen LogP) is -0.174. The summed E-state index contributed by atoms with van der Waals surface area (Å²) >= 11 is 0. The number of aliphatic hydroxyl groups is 3. The maximum Gasteiger partial charge on any atom is 0.239 e. The Morgan fingerprint density at radius 2 is 1.85 bits per heavy atom. The Morgan fingerprint density at radius 1 is 1.25 bits per heavy atom. The van der Waals surface area contributed by atoms with Crippen LogP contribution in [0.2, 0.25) is 0 Å². The Morgan fingerprint density at radius 3 is 2.35 bits per heavy atom. The average Bonchev–Trinajstić information content (AvgIpc) is 2.45. The molecule has 1 rings (SSSR count). The minimum Gasteiger partial charge on any atom is -0.476 e. The molecule has 114 valence electrons. The first kappa shape index (κ1) is 16.5. The van der Waals surface area contributed by atoms with Crippen LogP contribution in [0.1, 0.15) is 13.8 Å². The lowest BCUT2D eigenvalue weighted by atomic mass is 10.0. The van der Waals surface area contributed by atoms with E-state index in [0.717, 1.165) is 0 Å². The van der Waals surface area contributed by atoms with Crippen LogP contribution in [0.3, 0.4) is 0 Å². The molecule has 1 aromatic rings. The molecule has 7 nitrogen and oxygen atoms in total. The summed E-state index contributed by atoms with van der Waals surface area (Å²) in [6, 6.07) is 3.20. The number of rotatable bonds is 8. The molecule has 0 amide bonds. The van der Waals surface area contributed by atoms with Crippen LogP contribution >= 0.6 is 0 Å². The molecule has 0 aliphatic heterocycles. The van der Waals surface area contributed by atoms with Gasteiger partial charge in [-0.1, -0.05) is 13.8 Å². The number of ether oxygens (including phenoxy) is 1. The van der Waals surface area contributed by atoms with Gasteiger partial charge in [-0.15, -0.1) is 0 Å². The van der Waals surface area contributed by atoms with Gasteiger partial charge >= 0.3 is 0 Å². The first-order chi connectivity index (χ1) is 9.46. The highest BCUT2D eigenvalue weighted by Crippen LogP contribution is 2.23. The summed E-state index contributed by atoms with van der Waals surface area (Å²) in [6.07, 6.45) is 0. The zero-order valence-corrected chi connectivity index (χ0v) is 11.8. The lowest BCUT2D eigenvalue weighted by Crippen LogP contribution is -2.49. The number of nitrogens with two attached hydrogens (primary N) is 1. The van der Waals surface area contributed by atoms with Crippen LogP contribution in [0, 0.1) is 5.92 Å². The molecular formula is C13H23N3O4. The summed E-state index contributed by atoms with van der Waals surface area (Å²) in [7, 11) is 0. The number of anilines is 2. The Bertz CT molecular complexity index is 414. The molecule has 0 unspecified atom stereocenters. The van der Waals surface area contributed by atoms with E-state index in [4.69, 9.17) is 10.5 Å². The van der Waals surface area contributed by atoms with Gasteiger partial charge in [-0.05, 0) is 18.1 Å². The van der Waals surface area contributed by atoms with E-state index in [1.165, 1.54) is 0 Å². The average molecular weight is 285 g/mol. The van der Waals surface area contributed by atoms with Gasteiger partial charge in [0, 0.05) is 0 Å². The van der Waals surface area contributed by atoms with Gasteiger partial charge in [-0.25, -0.2) is 0 Å². The molecule has 0 atom stereocenters. The quantitative estimate of drug-likeness (QED) is 0.449. The number of nitrogen functional groups attached to an aromatic ring is 1. The molecule has 20 heavy (non-hydrogen) atoms. The van der Waals surface area contributed by atoms with Gasteiger partial charge in [0.2, 0.25) is 5.88 Å². The zero-order chi connectivity index (χ0) is 15.2. The van der Waals surface area contributed by atoms with E-state index in [1.807, 2.05) is 13.8 Å². The molecule has 7 heteroatoms. The fourth-order valence-corrected chi connectivity index (χ4v) is 1.42. The van der Waals surface area contributed by atoms with Gasteiger partial charge in [0.1, 0.15) is 11.4 Å². The van der Waals surface area contributed by atoms with Crippen LogP contribution in [0.5, 0.6) is 5.88 Å². The van der Waals surface area contributed by atoms with Crippen molar-refractivity contribution in [3.63, 3.8) is 0 Å². The fraction of sp³-hybridized carbons (Fsp3) is 0.615. The van der Waals surface area contributed by atoms with E-state index in [2.05, 4.69) is 10.3 Å². The van der Waals surface area contributed by atoms with E-state index in [9.17, 15) is 15.3 Å². The second-order valence-corrected chi connectivity index (χ2v) is 5.18. The summed E-state index contributed by atoms with van der Waals surface area (Å²) in [6.45, 7) is 3.18. The molecular weight excluding hydrogens is 262 g/mol. The Balaban J connectivity index is 2.88. The first-order valence-electron chi connectivity index (χ1n) is 6.46. The van der Waals surface area contributed by atoms with Crippen LogP contribution in [-0.2, 0) is 0 Å².